The van der Waals surface area contributed by atoms with E-state index in [9.17, 15) is 12.8 Å². The molecule has 1 N–H and O–H groups in total. The maximum absolute atomic E-state index is 14.3. The normalized spacial score (nSPS) is 11.7. The molecule has 3 aromatic carbocycles. The zero-order chi connectivity index (χ0) is 24.8. The Bertz CT molecular complexity index is 1460. The molecule has 0 atom stereocenters. The standard InChI is InChI=1S/C26H22FN3O4S/c1-18(23-8-5-6-16-28-23)29-30-24-15-12-20(17-26(24)34-25-9-4-3-7-22(25)27)33-19-10-13-21(14-11-19)35(2,31)32/h3-17,30H,1-2H3. The van der Waals surface area contributed by atoms with Crippen LogP contribution in [0.2, 0.25) is 0 Å². The molecule has 0 radical (unpaired) electrons. The van der Waals surface area contributed by atoms with Gasteiger partial charge in [-0.3, -0.25) is 10.4 Å². The minimum Gasteiger partial charge on any atom is -0.457 e. The quantitative estimate of drug-likeness (QED) is 0.239. The topological polar surface area (TPSA) is 89.9 Å². The van der Waals surface area contributed by atoms with E-state index in [1.54, 1.807) is 48.7 Å². The van der Waals surface area contributed by atoms with E-state index >= 15 is 0 Å². The van der Waals surface area contributed by atoms with Gasteiger partial charge in [-0.2, -0.15) is 5.10 Å². The Morgan fingerprint density at radius 3 is 2.29 bits per heavy atom. The monoisotopic (exact) mass is 491 g/mol. The van der Waals surface area contributed by atoms with Crippen LogP contribution in [0.25, 0.3) is 0 Å². The van der Waals surface area contributed by atoms with E-state index in [2.05, 4.69) is 15.5 Å². The van der Waals surface area contributed by atoms with Crippen LogP contribution < -0.4 is 14.9 Å². The third-order valence-corrected chi connectivity index (χ3v) is 6.01. The predicted octanol–water partition coefficient (Wildman–Crippen LogP) is 6.04. The number of sulfone groups is 1. The van der Waals surface area contributed by atoms with Crippen molar-refractivity contribution in [2.24, 2.45) is 5.10 Å². The molecule has 0 saturated carbocycles. The summed E-state index contributed by atoms with van der Waals surface area (Å²) in [6.45, 7) is 1.81. The van der Waals surface area contributed by atoms with E-state index in [1.165, 1.54) is 24.3 Å². The minimum absolute atomic E-state index is 0.0376. The summed E-state index contributed by atoms with van der Waals surface area (Å²) >= 11 is 0. The van der Waals surface area contributed by atoms with Crippen LogP contribution in [0.3, 0.4) is 0 Å². The Balaban J connectivity index is 1.62. The summed E-state index contributed by atoms with van der Waals surface area (Å²) in [6, 6.07) is 22.6. The highest BCUT2D eigenvalue weighted by Gasteiger charge is 2.12. The predicted molar refractivity (Wildman–Crippen MR) is 133 cm³/mol. The van der Waals surface area contributed by atoms with Crippen LogP contribution in [0.5, 0.6) is 23.0 Å². The van der Waals surface area contributed by atoms with Gasteiger partial charge in [-0.05, 0) is 67.6 Å². The molecule has 0 bridgehead atoms. The molecule has 0 unspecified atom stereocenters. The highest BCUT2D eigenvalue weighted by atomic mass is 32.2. The van der Waals surface area contributed by atoms with Gasteiger partial charge in [0.2, 0.25) is 0 Å². The number of hydrazone groups is 1. The Morgan fingerprint density at radius 2 is 1.60 bits per heavy atom. The molecule has 0 saturated heterocycles. The van der Waals surface area contributed by atoms with Crippen molar-refractivity contribution in [1.29, 1.82) is 0 Å². The minimum atomic E-state index is -3.31. The molecular formula is C26H22FN3O4S. The van der Waals surface area contributed by atoms with Gasteiger partial charge >= 0.3 is 0 Å². The van der Waals surface area contributed by atoms with Gasteiger partial charge in [0.15, 0.2) is 27.2 Å². The lowest BCUT2D eigenvalue weighted by atomic mass is 10.2. The molecule has 1 aromatic heterocycles. The number of anilines is 1. The number of benzene rings is 3. The van der Waals surface area contributed by atoms with Gasteiger partial charge < -0.3 is 9.47 Å². The summed E-state index contributed by atoms with van der Waals surface area (Å²) in [5.74, 6) is 0.626. The molecule has 7 nitrogen and oxygen atoms in total. The lowest BCUT2D eigenvalue weighted by Crippen LogP contribution is -2.03. The summed E-state index contributed by atoms with van der Waals surface area (Å²) < 4.78 is 49.3. The molecule has 0 amide bonds. The molecule has 178 valence electrons. The Hall–Kier alpha value is -4.24. The van der Waals surface area contributed by atoms with E-state index in [0.717, 1.165) is 6.26 Å². The first kappa shape index (κ1) is 23.9. The van der Waals surface area contributed by atoms with Crippen LogP contribution in [0.15, 0.2) is 101 Å². The number of halogens is 1. The Kier molecular flexibility index (Phi) is 7.07. The highest BCUT2D eigenvalue weighted by molar-refractivity contribution is 7.90. The van der Waals surface area contributed by atoms with E-state index in [4.69, 9.17) is 9.47 Å². The first-order chi connectivity index (χ1) is 16.8. The van der Waals surface area contributed by atoms with E-state index in [0.29, 0.717) is 28.6 Å². The summed E-state index contributed by atoms with van der Waals surface area (Å²) in [4.78, 5) is 4.45. The number of para-hydroxylation sites is 1. The number of aromatic nitrogens is 1. The number of ether oxygens (including phenoxy) is 2. The number of rotatable bonds is 8. The second-order valence-electron chi connectivity index (χ2n) is 7.56. The van der Waals surface area contributed by atoms with Crippen molar-refractivity contribution in [2.75, 3.05) is 11.7 Å². The van der Waals surface area contributed by atoms with Gasteiger partial charge in [-0.1, -0.05) is 18.2 Å². The van der Waals surface area contributed by atoms with E-state index in [-0.39, 0.29) is 16.4 Å². The Labute approximate surface area is 202 Å². The molecule has 4 aromatic rings. The average Bonchev–Trinajstić information content (AvgIpc) is 2.85. The second-order valence-corrected chi connectivity index (χ2v) is 9.58. The van der Waals surface area contributed by atoms with Crippen LogP contribution in [-0.2, 0) is 9.84 Å². The Morgan fingerprint density at radius 1 is 0.886 bits per heavy atom. The van der Waals surface area contributed by atoms with Crippen LogP contribution in [0.4, 0.5) is 10.1 Å². The maximum atomic E-state index is 14.3. The van der Waals surface area contributed by atoms with Gasteiger partial charge in [-0.15, -0.1) is 0 Å². The van der Waals surface area contributed by atoms with Gasteiger partial charge in [-0.25, -0.2) is 12.8 Å². The van der Waals surface area contributed by atoms with E-state index < -0.39 is 15.7 Å². The molecule has 0 aliphatic carbocycles. The summed E-state index contributed by atoms with van der Waals surface area (Å²) in [6.07, 6.45) is 2.81. The lowest BCUT2D eigenvalue weighted by Gasteiger charge is -2.14. The van der Waals surface area contributed by atoms with Crippen molar-refractivity contribution >= 4 is 21.2 Å². The summed E-state index contributed by atoms with van der Waals surface area (Å²) in [5.41, 5.74) is 4.77. The largest absolute Gasteiger partial charge is 0.457 e. The summed E-state index contributed by atoms with van der Waals surface area (Å²) in [7, 11) is -3.31. The molecular weight excluding hydrogens is 469 g/mol. The van der Waals surface area contributed by atoms with Crippen LogP contribution in [0, 0.1) is 5.82 Å². The zero-order valence-corrected chi connectivity index (χ0v) is 19.8. The average molecular weight is 492 g/mol. The molecule has 35 heavy (non-hydrogen) atoms. The van der Waals surface area contributed by atoms with Crippen molar-refractivity contribution in [1.82, 2.24) is 4.98 Å². The molecule has 0 fully saturated rings. The van der Waals surface area contributed by atoms with Crippen LogP contribution in [0.1, 0.15) is 12.6 Å². The smallest absolute Gasteiger partial charge is 0.175 e. The van der Waals surface area contributed by atoms with Crippen LogP contribution >= 0.6 is 0 Å². The second kappa shape index (κ2) is 10.4. The third-order valence-electron chi connectivity index (χ3n) is 4.88. The van der Waals surface area contributed by atoms with Crippen LogP contribution in [-0.4, -0.2) is 25.4 Å². The fourth-order valence-corrected chi connectivity index (χ4v) is 3.69. The molecule has 0 aliphatic rings. The number of pyridine rings is 1. The fourth-order valence-electron chi connectivity index (χ4n) is 3.06. The van der Waals surface area contributed by atoms with E-state index in [1.807, 2.05) is 25.1 Å². The molecule has 1 heterocycles. The molecule has 9 heteroatoms. The van der Waals surface area contributed by atoms with Gasteiger partial charge in [0.1, 0.15) is 11.5 Å². The van der Waals surface area contributed by atoms with Crippen molar-refractivity contribution in [3.8, 4) is 23.0 Å². The van der Waals surface area contributed by atoms with Gasteiger partial charge in [0, 0.05) is 18.5 Å². The van der Waals surface area contributed by atoms with Crippen molar-refractivity contribution in [3.05, 3.63) is 103 Å². The van der Waals surface area contributed by atoms with Crippen molar-refractivity contribution in [3.63, 3.8) is 0 Å². The van der Waals surface area contributed by atoms with Gasteiger partial charge in [0.05, 0.1) is 22.0 Å². The number of nitrogens with one attached hydrogen (secondary N) is 1. The maximum Gasteiger partial charge on any atom is 0.175 e. The third kappa shape index (κ3) is 6.21. The SMILES string of the molecule is CC(=NNc1ccc(Oc2ccc(S(C)(=O)=O)cc2)cc1Oc1ccccc1F)c1ccccn1. The fraction of sp³-hybridized carbons (Fsp3) is 0.0769. The zero-order valence-electron chi connectivity index (χ0n) is 19.0. The van der Waals surface area contributed by atoms with Crippen molar-refractivity contribution in [2.45, 2.75) is 11.8 Å². The summed E-state index contributed by atoms with van der Waals surface area (Å²) in [5, 5.41) is 4.37. The first-order valence-electron chi connectivity index (χ1n) is 10.6. The molecule has 0 aliphatic heterocycles. The molecule has 0 spiro atoms. The number of nitrogens with zero attached hydrogens (tertiary/aromatic N) is 2. The highest BCUT2D eigenvalue weighted by Crippen LogP contribution is 2.36. The lowest BCUT2D eigenvalue weighted by molar-refractivity contribution is 0.436. The molecule has 4 rings (SSSR count). The van der Waals surface area contributed by atoms with Gasteiger partial charge in [0.25, 0.3) is 0 Å². The number of hydrogen-bond acceptors (Lipinski definition) is 7. The number of hydrogen-bond donors (Lipinski definition) is 1. The van der Waals surface area contributed by atoms with Crippen molar-refractivity contribution < 1.29 is 22.3 Å². The first-order valence-corrected chi connectivity index (χ1v) is 12.4.